The summed E-state index contributed by atoms with van der Waals surface area (Å²) in [7, 11) is 3.19. The van der Waals surface area contributed by atoms with Gasteiger partial charge in [-0.3, -0.25) is 0 Å². The number of rotatable bonds is 3. The third kappa shape index (κ3) is 2.09. The fourth-order valence-corrected chi connectivity index (χ4v) is 2.46. The molecule has 5 atom stereocenters. The smallest absolute Gasteiger partial charge is 0.131 e. The average molecular weight is 204 g/mol. The second-order valence-corrected chi connectivity index (χ2v) is 4.18. The minimum Gasteiger partial charge on any atom is -0.379 e. The maximum absolute atomic E-state index is 13.9. The van der Waals surface area contributed by atoms with Crippen LogP contribution >= 0.6 is 0 Å². The normalized spacial score (nSPS) is 43.9. The summed E-state index contributed by atoms with van der Waals surface area (Å²) in [5, 5.41) is 0. The summed E-state index contributed by atoms with van der Waals surface area (Å²) in [6.45, 7) is 4.07. The van der Waals surface area contributed by atoms with Crippen molar-refractivity contribution in [2.75, 3.05) is 14.2 Å². The highest BCUT2D eigenvalue weighted by Gasteiger charge is 2.42. The molecule has 84 valence electrons. The predicted octanol–water partition coefficient (Wildman–Crippen LogP) is 2.42. The Morgan fingerprint density at radius 2 is 1.93 bits per heavy atom. The van der Waals surface area contributed by atoms with Gasteiger partial charge >= 0.3 is 0 Å². The van der Waals surface area contributed by atoms with Crippen molar-refractivity contribution in [1.82, 2.24) is 0 Å². The highest BCUT2D eigenvalue weighted by molar-refractivity contribution is 4.91. The zero-order chi connectivity index (χ0) is 10.7. The van der Waals surface area contributed by atoms with Gasteiger partial charge in [-0.25, -0.2) is 4.39 Å². The van der Waals surface area contributed by atoms with Gasteiger partial charge in [0.2, 0.25) is 0 Å². The molecule has 1 aliphatic carbocycles. The van der Waals surface area contributed by atoms with Crippen LogP contribution in [0, 0.1) is 11.8 Å². The van der Waals surface area contributed by atoms with Gasteiger partial charge in [0.25, 0.3) is 0 Å². The largest absolute Gasteiger partial charge is 0.379 e. The van der Waals surface area contributed by atoms with Crippen molar-refractivity contribution >= 4 is 0 Å². The van der Waals surface area contributed by atoms with Crippen LogP contribution in [-0.2, 0) is 9.47 Å². The lowest BCUT2D eigenvalue weighted by atomic mass is 9.75. The highest BCUT2D eigenvalue weighted by Crippen LogP contribution is 2.36. The fraction of sp³-hybridized carbons (Fsp3) is 1.00. The molecule has 1 aliphatic rings. The number of hydrogen-bond donors (Lipinski definition) is 0. The van der Waals surface area contributed by atoms with Gasteiger partial charge in [0.15, 0.2) is 0 Å². The second kappa shape index (κ2) is 5.08. The Morgan fingerprint density at radius 1 is 1.29 bits per heavy atom. The molecule has 4 unspecified atom stereocenters. The quantitative estimate of drug-likeness (QED) is 0.703. The molecular formula is C11H21FO2. The molecule has 0 heterocycles. The Labute approximate surface area is 85.8 Å². The molecule has 0 aromatic carbocycles. The SMILES string of the molecule is CCC1CC(OC)[C@H](OC)C(F)C1C. The van der Waals surface area contributed by atoms with Gasteiger partial charge in [-0.2, -0.15) is 0 Å². The molecule has 0 bridgehead atoms. The van der Waals surface area contributed by atoms with Crippen molar-refractivity contribution in [2.24, 2.45) is 11.8 Å². The standard InChI is InChI=1S/C11H21FO2/c1-5-8-6-9(13-3)11(14-4)10(12)7(8)2/h7-11H,5-6H2,1-4H3/t7?,8?,9?,10?,11-/m0/s1. The molecular weight excluding hydrogens is 183 g/mol. The molecule has 1 saturated carbocycles. The molecule has 0 aromatic rings. The average Bonchev–Trinajstić information content (AvgIpc) is 2.21. The Kier molecular flexibility index (Phi) is 4.32. The van der Waals surface area contributed by atoms with Crippen LogP contribution in [0.2, 0.25) is 0 Å². The first-order valence-electron chi connectivity index (χ1n) is 5.35. The van der Waals surface area contributed by atoms with E-state index < -0.39 is 12.3 Å². The maximum atomic E-state index is 13.9. The van der Waals surface area contributed by atoms with Crippen molar-refractivity contribution in [3.63, 3.8) is 0 Å². The lowest BCUT2D eigenvalue weighted by Gasteiger charge is -2.41. The van der Waals surface area contributed by atoms with Crippen molar-refractivity contribution in [3.8, 4) is 0 Å². The van der Waals surface area contributed by atoms with Gasteiger partial charge in [0.1, 0.15) is 12.3 Å². The number of hydrogen-bond acceptors (Lipinski definition) is 2. The Bertz CT molecular complexity index is 173. The monoisotopic (exact) mass is 204 g/mol. The van der Waals surface area contributed by atoms with E-state index in [0.717, 1.165) is 12.8 Å². The summed E-state index contributed by atoms with van der Waals surface area (Å²) in [6.07, 6.45) is 0.544. The minimum absolute atomic E-state index is 0.0800. The Hall–Kier alpha value is -0.150. The molecule has 1 rings (SSSR count). The fourth-order valence-electron chi connectivity index (χ4n) is 2.46. The molecule has 0 spiro atoms. The lowest BCUT2D eigenvalue weighted by molar-refractivity contribution is -0.127. The van der Waals surface area contributed by atoms with Crippen molar-refractivity contribution in [2.45, 2.75) is 45.1 Å². The molecule has 0 aromatic heterocycles. The summed E-state index contributed by atoms with van der Waals surface area (Å²) < 4.78 is 24.4. The second-order valence-electron chi connectivity index (χ2n) is 4.18. The molecule has 14 heavy (non-hydrogen) atoms. The van der Waals surface area contributed by atoms with Crippen LogP contribution < -0.4 is 0 Å². The Balaban J connectivity index is 2.71. The van der Waals surface area contributed by atoms with Crippen molar-refractivity contribution in [3.05, 3.63) is 0 Å². The zero-order valence-corrected chi connectivity index (χ0v) is 9.50. The summed E-state index contributed by atoms with van der Waals surface area (Å²) in [6, 6.07) is 0. The molecule has 0 N–H and O–H groups in total. The number of ether oxygens (including phenoxy) is 2. The molecule has 0 saturated heterocycles. The molecule has 1 fully saturated rings. The van der Waals surface area contributed by atoms with Crippen LogP contribution in [-0.4, -0.2) is 32.6 Å². The molecule has 0 aliphatic heterocycles. The van der Waals surface area contributed by atoms with E-state index >= 15 is 0 Å². The van der Waals surface area contributed by atoms with Gasteiger partial charge in [-0.1, -0.05) is 20.3 Å². The van der Waals surface area contributed by atoms with Crippen molar-refractivity contribution in [1.29, 1.82) is 0 Å². The molecule has 3 heteroatoms. The van der Waals surface area contributed by atoms with Crippen LogP contribution in [0.1, 0.15) is 26.7 Å². The van der Waals surface area contributed by atoms with Gasteiger partial charge in [0, 0.05) is 14.2 Å². The van der Waals surface area contributed by atoms with E-state index in [-0.39, 0.29) is 12.0 Å². The predicted molar refractivity (Wildman–Crippen MR) is 54.1 cm³/mol. The third-order valence-electron chi connectivity index (χ3n) is 3.56. The summed E-state index contributed by atoms with van der Waals surface area (Å²) in [5.74, 6) is 0.498. The van der Waals surface area contributed by atoms with Crippen LogP contribution in [0.15, 0.2) is 0 Å². The summed E-state index contributed by atoms with van der Waals surface area (Å²) >= 11 is 0. The van der Waals surface area contributed by atoms with Gasteiger partial charge in [-0.05, 0) is 18.3 Å². The molecule has 0 amide bonds. The highest BCUT2D eigenvalue weighted by atomic mass is 19.1. The van der Waals surface area contributed by atoms with Gasteiger partial charge in [0.05, 0.1) is 6.10 Å². The van der Waals surface area contributed by atoms with E-state index in [2.05, 4.69) is 6.92 Å². The topological polar surface area (TPSA) is 18.5 Å². The van der Waals surface area contributed by atoms with E-state index in [1.165, 1.54) is 0 Å². The van der Waals surface area contributed by atoms with Crippen molar-refractivity contribution < 1.29 is 13.9 Å². The molecule has 0 radical (unpaired) electrons. The first kappa shape index (κ1) is 11.9. The maximum Gasteiger partial charge on any atom is 0.131 e. The van der Waals surface area contributed by atoms with Crippen LogP contribution in [0.3, 0.4) is 0 Å². The number of methoxy groups -OCH3 is 2. The summed E-state index contributed by atoms with van der Waals surface area (Å²) in [5.41, 5.74) is 0. The lowest BCUT2D eigenvalue weighted by Crippen LogP contribution is -2.49. The van der Waals surface area contributed by atoms with Crippen LogP contribution in [0.5, 0.6) is 0 Å². The first-order chi connectivity index (χ1) is 6.65. The van der Waals surface area contributed by atoms with Crippen LogP contribution in [0.25, 0.3) is 0 Å². The molecule has 2 nitrogen and oxygen atoms in total. The Morgan fingerprint density at radius 3 is 2.36 bits per heavy atom. The minimum atomic E-state index is -0.899. The van der Waals surface area contributed by atoms with Gasteiger partial charge in [-0.15, -0.1) is 0 Å². The van der Waals surface area contributed by atoms with E-state index in [1.807, 2.05) is 6.92 Å². The zero-order valence-electron chi connectivity index (χ0n) is 9.50. The summed E-state index contributed by atoms with van der Waals surface area (Å²) in [4.78, 5) is 0. The van der Waals surface area contributed by atoms with Gasteiger partial charge < -0.3 is 9.47 Å². The van der Waals surface area contributed by atoms with E-state index in [9.17, 15) is 4.39 Å². The third-order valence-corrected chi connectivity index (χ3v) is 3.56. The first-order valence-corrected chi connectivity index (χ1v) is 5.35. The van der Waals surface area contributed by atoms with Crippen LogP contribution in [0.4, 0.5) is 4.39 Å². The number of alkyl halides is 1. The van der Waals surface area contributed by atoms with E-state index in [4.69, 9.17) is 9.47 Å². The van der Waals surface area contributed by atoms with E-state index in [0.29, 0.717) is 5.92 Å². The number of halogens is 1. The van der Waals surface area contributed by atoms with E-state index in [1.54, 1.807) is 14.2 Å².